The molecule has 0 heterocycles. The van der Waals surface area contributed by atoms with Gasteiger partial charge >= 0.3 is 35.9 Å². The fraction of sp³-hybridized carbons (Fsp3) is 0. The average molecular weight is 114 g/mol. The molecule has 0 unspecified atom stereocenters. The van der Waals surface area contributed by atoms with Gasteiger partial charge in [-0.15, -0.1) is 0 Å². The van der Waals surface area contributed by atoms with Crippen LogP contribution in [-0.4, -0.2) is 0 Å². The molecule has 0 aliphatic carbocycles. The van der Waals surface area contributed by atoms with Crippen LogP contribution >= 0.6 is 0 Å². The molecule has 0 aromatic carbocycles. The molecule has 0 aliphatic rings. The Morgan fingerprint density at radius 1 is 1.00 bits per heavy atom. The van der Waals surface area contributed by atoms with E-state index in [2.05, 4.69) is 0 Å². The molecule has 0 saturated heterocycles. The zero-order chi connectivity index (χ0) is 0. The number of hydrogen-bond acceptors (Lipinski definition) is 0. The quantitative estimate of drug-likeness (QED) is 0.275. The Kier molecular flexibility index (Phi) is 348. The molecule has 4 heavy (non-hydrogen) atoms. The minimum absolute atomic E-state index is 0. The average Bonchev–Trinajstić information content (AvgIpc) is 0. The van der Waals surface area contributed by atoms with Crippen molar-refractivity contribution in [3.05, 3.63) is 0 Å². The predicted octanol–water partition coefficient (Wildman–Crippen LogP) is -6.00. The molecule has 0 radical (unpaired) electrons. The Labute approximate surface area is 54.2 Å². The van der Waals surface area contributed by atoms with Crippen molar-refractivity contribution in [2.45, 2.75) is 0 Å². The monoisotopic (exact) mass is 114 g/mol. The van der Waals surface area contributed by atoms with E-state index in [0.29, 0.717) is 0 Å². The van der Waals surface area contributed by atoms with Crippen LogP contribution in [0.25, 0.3) is 0 Å². The van der Waals surface area contributed by atoms with E-state index >= 15 is 0 Å². The van der Waals surface area contributed by atoms with Crippen LogP contribution in [0.15, 0.2) is 0 Å². The minimum atomic E-state index is 0. The van der Waals surface area contributed by atoms with E-state index in [9.17, 15) is 0 Å². The fourth-order valence-electron chi connectivity index (χ4n) is 0. The normalized spacial score (nSPS) is 0. The van der Waals surface area contributed by atoms with Gasteiger partial charge in [-0.05, 0) is 0 Å². The Balaban J connectivity index is 0. The van der Waals surface area contributed by atoms with E-state index in [1.54, 1.807) is 0 Å². The largest absolute Gasteiger partial charge is 2.00 e. The molecule has 0 aliphatic heterocycles. The SMILES string of the molecule is [F-].[Fe+2].[Li+].[S-2]. The summed E-state index contributed by atoms with van der Waals surface area (Å²) in [4.78, 5) is 0. The second-order valence-corrected chi connectivity index (χ2v) is 0. The molecule has 0 atom stereocenters. The Morgan fingerprint density at radius 2 is 1.00 bits per heavy atom. The third-order valence-electron chi connectivity index (χ3n) is 0. The van der Waals surface area contributed by atoms with Crippen LogP contribution in [-0.2, 0) is 30.6 Å². The van der Waals surface area contributed by atoms with Gasteiger partial charge in [0.1, 0.15) is 0 Å². The topological polar surface area (TPSA) is 0 Å². The van der Waals surface area contributed by atoms with Crippen molar-refractivity contribution in [1.29, 1.82) is 0 Å². The van der Waals surface area contributed by atoms with Crippen molar-refractivity contribution in [2.75, 3.05) is 0 Å². The van der Waals surface area contributed by atoms with E-state index in [1.165, 1.54) is 0 Å². The molecule has 0 amide bonds. The zero-order valence-electron chi connectivity index (χ0n) is 2.14. The second kappa shape index (κ2) is 26.0. The summed E-state index contributed by atoms with van der Waals surface area (Å²) in [6, 6.07) is 0. The van der Waals surface area contributed by atoms with Gasteiger partial charge in [-0.25, -0.2) is 0 Å². The Hall–Kier alpha value is 1.40. The van der Waals surface area contributed by atoms with Crippen LogP contribution < -0.4 is 23.6 Å². The van der Waals surface area contributed by atoms with Gasteiger partial charge in [0.2, 0.25) is 0 Å². The summed E-state index contributed by atoms with van der Waals surface area (Å²) in [5.74, 6) is 0. The van der Waals surface area contributed by atoms with Crippen LogP contribution in [0, 0.1) is 0 Å². The second-order valence-electron chi connectivity index (χ2n) is 0. The third kappa shape index (κ3) is 10.0. The van der Waals surface area contributed by atoms with Gasteiger partial charge in [-0.1, -0.05) is 0 Å². The first-order chi connectivity index (χ1) is 0. The maximum Gasteiger partial charge on any atom is 2.00 e. The predicted molar refractivity (Wildman–Crippen MR) is 7.37 cm³/mol. The summed E-state index contributed by atoms with van der Waals surface area (Å²) in [7, 11) is 0. The molecule has 0 nitrogen and oxygen atoms in total. The molecular weight excluding hydrogens is 114 g/mol. The van der Waals surface area contributed by atoms with Gasteiger partial charge in [-0.2, -0.15) is 0 Å². The number of hydrogen-bond donors (Lipinski definition) is 0. The molecule has 0 N–H and O–H groups in total. The maximum absolute atomic E-state index is 0. The summed E-state index contributed by atoms with van der Waals surface area (Å²) in [5, 5.41) is 0. The molecule has 0 saturated carbocycles. The molecule has 0 rings (SSSR count). The van der Waals surface area contributed by atoms with Crippen molar-refractivity contribution in [3.63, 3.8) is 0 Å². The van der Waals surface area contributed by atoms with E-state index in [4.69, 9.17) is 0 Å². The van der Waals surface area contributed by atoms with Gasteiger partial charge in [0.05, 0.1) is 0 Å². The van der Waals surface area contributed by atoms with E-state index in [0.717, 1.165) is 0 Å². The van der Waals surface area contributed by atoms with Gasteiger partial charge in [0.25, 0.3) is 0 Å². The third-order valence-corrected chi connectivity index (χ3v) is 0. The van der Waals surface area contributed by atoms with Gasteiger partial charge in [0.15, 0.2) is 0 Å². The van der Waals surface area contributed by atoms with Crippen molar-refractivity contribution in [2.24, 2.45) is 0 Å². The van der Waals surface area contributed by atoms with Crippen LogP contribution in [0.1, 0.15) is 0 Å². The molecule has 4 heteroatoms. The molecular formula is FFeLiS. The van der Waals surface area contributed by atoms with Crippen LogP contribution in [0.2, 0.25) is 0 Å². The molecule has 0 bridgehead atoms. The van der Waals surface area contributed by atoms with Crippen molar-refractivity contribution in [1.82, 2.24) is 0 Å². The Bertz CT molecular complexity index is 8.00. The van der Waals surface area contributed by atoms with Gasteiger partial charge < -0.3 is 18.2 Å². The fourth-order valence-corrected chi connectivity index (χ4v) is 0. The number of halogens is 1. The van der Waals surface area contributed by atoms with Crippen LogP contribution in [0.3, 0.4) is 0 Å². The first-order valence-corrected chi connectivity index (χ1v) is 0. The smallest absolute Gasteiger partial charge is 2.00 e. The molecule has 0 spiro atoms. The first kappa shape index (κ1) is 53.5. The molecule has 0 fully saturated rings. The van der Waals surface area contributed by atoms with Crippen molar-refractivity contribution < 1.29 is 40.6 Å². The first-order valence-electron chi connectivity index (χ1n) is 0. The molecule has 0 aromatic rings. The maximum atomic E-state index is 0. The van der Waals surface area contributed by atoms with Crippen LogP contribution in [0.4, 0.5) is 0 Å². The summed E-state index contributed by atoms with van der Waals surface area (Å²) < 4.78 is 0. The molecule has 22 valence electrons. The van der Waals surface area contributed by atoms with Gasteiger partial charge in [0, 0.05) is 0 Å². The summed E-state index contributed by atoms with van der Waals surface area (Å²) in [5.41, 5.74) is 0. The van der Waals surface area contributed by atoms with E-state index < -0.39 is 0 Å². The van der Waals surface area contributed by atoms with Crippen molar-refractivity contribution >= 4 is 13.5 Å². The summed E-state index contributed by atoms with van der Waals surface area (Å²) >= 11 is 0. The van der Waals surface area contributed by atoms with E-state index in [1.807, 2.05) is 0 Å². The Morgan fingerprint density at radius 3 is 1.00 bits per heavy atom. The van der Waals surface area contributed by atoms with E-state index in [-0.39, 0.29) is 54.1 Å². The van der Waals surface area contributed by atoms with Gasteiger partial charge in [-0.3, -0.25) is 0 Å². The summed E-state index contributed by atoms with van der Waals surface area (Å²) in [6.07, 6.45) is 0. The minimum Gasteiger partial charge on any atom is -2.00 e. The standard InChI is InChI=1S/FH.Fe.Li.S/h1H;;;/q;+2;+1;-2/p-1. The molecule has 0 aromatic heterocycles. The zero-order valence-corrected chi connectivity index (χ0v) is 4.06. The number of rotatable bonds is 0. The van der Waals surface area contributed by atoms with Crippen LogP contribution in [0.5, 0.6) is 0 Å². The summed E-state index contributed by atoms with van der Waals surface area (Å²) in [6.45, 7) is 0. The van der Waals surface area contributed by atoms with Crippen molar-refractivity contribution in [3.8, 4) is 0 Å².